The van der Waals surface area contributed by atoms with Gasteiger partial charge in [-0.3, -0.25) is 4.90 Å². The molecule has 0 bridgehead atoms. The first kappa shape index (κ1) is 13.4. The van der Waals surface area contributed by atoms with Gasteiger partial charge in [-0.15, -0.1) is 0 Å². The molecule has 5 nitrogen and oxygen atoms in total. The van der Waals surface area contributed by atoms with E-state index in [4.69, 9.17) is 4.74 Å². The molecule has 1 aliphatic heterocycles. The zero-order valence-corrected chi connectivity index (χ0v) is 12.1. The highest BCUT2D eigenvalue weighted by atomic mass is 16.5. The largest absolute Gasteiger partial charge is 0.481 e. The fourth-order valence-corrected chi connectivity index (χ4v) is 2.72. The second kappa shape index (κ2) is 4.90. The zero-order valence-electron chi connectivity index (χ0n) is 12.1. The third kappa shape index (κ3) is 2.67. The Labute approximate surface area is 109 Å². The lowest BCUT2D eigenvalue weighted by molar-refractivity contribution is 0.147. The van der Waals surface area contributed by atoms with Gasteiger partial charge in [0.25, 0.3) is 0 Å². The fourth-order valence-electron chi connectivity index (χ4n) is 2.72. The second-order valence-electron chi connectivity index (χ2n) is 5.72. The molecule has 1 N–H and O–H groups in total. The van der Waals surface area contributed by atoms with Crippen LogP contribution in [0.3, 0.4) is 0 Å². The fraction of sp³-hybridized carbons (Fsp3) is 0.769. The number of methoxy groups -OCH3 is 1. The summed E-state index contributed by atoms with van der Waals surface area (Å²) in [7, 11) is 3.64. The first-order chi connectivity index (χ1) is 8.43. The van der Waals surface area contributed by atoms with Gasteiger partial charge in [0.1, 0.15) is 0 Å². The summed E-state index contributed by atoms with van der Waals surface area (Å²) in [5, 5.41) is 7.96. The molecule has 102 valence electrons. The first-order valence-corrected chi connectivity index (χ1v) is 6.47. The summed E-state index contributed by atoms with van der Waals surface area (Å²) in [5.74, 6) is 0.879. The molecule has 0 amide bonds. The Balaban J connectivity index is 2.14. The van der Waals surface area contributed by atoms with Crippen molar-refractivity contribution in [1.82, 2.24) is 20.0 Å². The van der Waals surface area contributed by atoms with E-state index >= 15 is 0 Å². The summed E-state index contributed by atoms with van der Waals surface area (Å²) < 4.78 is 7.27. The van der Waals surface area contributed by atoms with Crippen LogP contribution in [0.4, 0.5) is 0 Å². The number of hydrogen-bond acceptors (Lipinski definition) is 4. The zero-order chi connectivity index (χ0) is 13.3. The molecule has 1 aliphatic rings. The van der Waals surface area contributed by atoms with Crippen molar-refractivity contribution in [3.63, 3.8) is 0 Å². The molecule has 0 radical (unpaired) electrons. The molecule has 5 heteroatoms. The van der Waals surface area contributed by atoms with Crippen molar-refractivity contribution in [3.8, 4) is 5.88 Å². The van der Waals surface area contributed by atoms with Gasteiger partial charge in [-0.05, 0) is 20.8 Å². The van der Waals surface area contributed by atoms with Gasteiger partial charge in [-0.25, -0.2) is 4.68 Å². The van der Waals surface area contributed by atoms with Gasteiger partial charge in [-0.2, -0.15) is 5.10 Å². The molecular formula is C13H24N4O. The van der Waals surface area contributed by atoms with E-state index in [1.54, 1.807) is 7.11 Å². The van der Waals surface area contributed by atoms with Crippen molar-refractivity contribution in [2.75, 3.05) is 26.7 Å². The highest BCUT2D eigenvalue weighted by Crippen LogP contribution is 2.24. The smallest absolute Gasteiger partial charge is 0.216 e. The molecule has 0 aromatic carbocycles. The summed E-state index contributed by atoms with van der Waals surface area (Å²) in [6.45, 7) is 10.6. The summed E-state index contributed by atoms with van der Waals surface area (Å²) >= 11 is 0. The van der Waals surface area contributed by atoms with Crippen molar-refractivity contribution < 1.29 is 4.74 Å². The van der Waals surface area contributed by atoms with Crippen molar-refractivity contribution in [2.45, 2.75) is 32.9 Å². The number of rotatable bonds is 3. The monoisotopic (exact) mass is 252 g/mol. The van der Waals surface area contributed by atoms with Crippen molar-refractivity contribution in [2.24, 2.45) is 7.05 Å². The number of nitrogens with one attached hydrogen (secondary N) is 1. The van der Waals surface area contributed by atoms with Crippen LogP contribution < -0.4 is 10.1 Å². The number of hydrogen-bond donors (Lipinski definition) is 1. The minimum Gasteiger partial charge on any atom is -0.481 e. The molecule has 0 spiro atoms. The van der Waals surface area contributed by atoms with Crippen LogP contribution >= 0.6 is 0 Å². The van der Waals surface area contributed by atoms with E-state index in [-0.39, 0.29) is 5.54 Å². The van der Waals surface area contributed by atoms with Crippen LogP contribution in [0.1, 0.15) is 25.1 Å². The van der Waals surface area contributed by atoms with E-state index < -0.39 is 0 Å². The van der Waals surface area contributed by atoms with Crippen LogP contribution in [-0.2, 0) is 13.6 Å². The molecule has 2 rings (SSSR count). The van der Waals surface area contributed by atoms with Gasteiger partial charge >= 0.3 is 0 Å². The Morgan fingerprint density at radius 1 is 1.44 bits per heavy atom. The Hall–Kier alpha value is -1.07. The molecule has 1 aromatic rings. The summed E-state index contributed by atoms with van der Waals surface area (Å²) in [6.07, 6.45) is 0. The molecule has 0 atom stereocenters. The average Bonchev–Trinajstić information content (AvgIpc) is 2.52. The van der Waals surface area contributed by atoms with Crippen LogP contribution in [0.15, 0.2) is 0 Å². The average molecular weight is 252 g/mol. The topological polar surface area (TPSA) is 42.3 Å². The SMILES string of the molecule is COc1c(CN2CCNC(C)(C)C2)c(C)nn1C. The summed E-state index contributed by atoms with van der Waals surface area (Å²) in [5.41, 5.74) is 2.45. The minimum absolute atomic E-state index is 0.182. The van der Waals surface area contributed by atoms with Gasteiger partial charge in [0.15, 0.2) is 0 Å². The molecule has 1 saturated heterocycles. The number of piperazine rings is 1. The van der Waals surface area contributed by atoms with E-state index in [9.17, 15) is 0 Å². The van der Waals surface area contributed by atoms with Gasteiger partial charge < -0.3 is 10.1 Å². The van der Waals surface area contributed by atoms with Gasteiger partial charge in [0.2, 0.25) is 5.88 Å². The Morgan fingerprint density at radius 2 is 2.17 bits per heavy atom. The Bertz CT molecular complexity index is 425. The lowest BCUT2D eigenvalue weighted by Crippen LogP contribution is -2.56. The molecule has 0 saturated carbocycles. The lowest BCUT2D eigenvalue weighted by atomic mass is 10.0. The predicted molar refractivity (Wildman–Crippen MR) is 71.9 cm³/mol. The van der Waals surface area contributed by atoms with Crippen molar-refractivity contribution in [3.05, 3.63) is 11.3 Å². The molecule has 1 fully saturated rings. The highest BCUT2D eigenvalue weighted by Gasteiger charge is 2.27. The summed E-state index contributed by atoms with van der Waals surface area (Å²) in [4.78, 5) is 2.46. The van der Waals surface area contributed by atoms with E-state index in [0.29, 0.717) is 0 Å². The second-order valence-corrected chi connectivity index (χ2v) is 5.72. The third-order valence-electron chi connectivity index (χ3n) is 3.51. The molecular weight excluding hydrogens is 228 g/mol. The van der Waals surface area contributed by atoms with E-state index in [2.05, 4.69) is 29.2 Å². The highest BCUT2D eigenvalue weighted by molar-refractivity contribution is 5.30. The van der Waals surface area contributed by atoms with Crippen LogP contribution in [0.25, 0.3) is 0 Å². The normalized spacial score (nSPS) is 20.1. The Morgan fingerprint density at radius 3 is 2.78 bits per heavy atom. The van der Waals surface area contributed by atoms with E-state index in [0.717, 1.165) is 37.8 Å². The van der Waals surface area contributed by atoms with Gasteiger partial charge in [-0.1, -0.05) is 0 Å². The number of aromatic nitrogens is 2. The van der Waals surface area contributed by atoms with Crippen molar-refractivity contribution in [1.29, 1.82) is 0 Å². The lowest BCUT2D eigenvalue weighted by Gasteiger charge is -2.39. The quantitative estimate of drug-likeness (QED) is 0.869. The molecule has 0 aliphatic carbocycles. The third-order valence-corrected chi connectivity index (χ3v) is 3.51. The maximum Gasteiger partial charge on any atom is 0.216 e. The first-order valence-electron chi connectivity index (χ1n) is 6.47. The number of ether oxygens (including phenoxy) is 1. The number of aryl methyl sites for hydroxylation is 2. The van der Waals surface area contributed by atoms with Crippen LogP contribution in [-0.4, -0.2) is 47.0 Å². The molecule has 18 heavy (non-hydrogen) atoms. The summed E-state index contributed by atoms with van der Waals surface area (Å²) in [6, 6.07) is 0. The minimum atomic E-state index is 0.182. The maximum absolute atomic E-state index is 5.45. The molecule has 1 aromatic heterocycles. The van der Waals surface area contributed by atoms with E-state index in [1.807, 2.05) is 18.7 Å². The maximum atomic E-state index is 5.45. The van der Waals surface area contributed by atoms with Crippen LogP contribution in [0, 0.1) is 6.92 Å². The van der Waals surface area contributed by atoms with Crippen LogP contribution in [0.5, 0.6) is 5.88 Å². The van der Waals surface area contributed by atoms with Gasteiger partial charge in [0, 0.05) is 38.8 Å². The molecule has 2 heterocycles. The number of nitrogens with zero attached hydrogens (tertiary/aromatic N) is 3. The van der Waals surface area contributed by atoms with Crippen LogP contribution in [0.2, 0.25) is 0 Å². The van der Waals surface area contributed by atoms with E-state index in [1.165, 1.54) is 5.56 Å². The van der Waals surface area contributed by atoms with Gasteiger partial charge in [0.05, 0.1) is 18.4 Å². The Kier molecular flexibility index (Phi) is 3.64. The molecule has 0 unspecified atom stereocenters. The standard InChI is InChI=1S/C13H24N4O/c1-10-11(12(18-5)16(4)15-10)8-17-7-6-14-13(2,3)9-17/h14H,6-9H2,1-5H3. The van der Waals surface area contributed by atoms with Crippen molar-refractivity contribution >= 4 is 0 Å². The predicted octanol–water partition coefficient (Wildman–Crippen LogP) is 0.921.